The average Bonchev–Trinajstić information content (AvgIpc) is 2.63. The number of nitrogens with two attached hydrogens (primary N) is 1. The van der Waals surface area contributed by atoms with Crippen molar-refractivity contribution in [2.75, 3.05) is 36.6 Å². The molecule has 2 rings (SSSR count). The predicted molar refractivity (Wildman–Crippen MR) is 87.1 cm³/mol. The molecule has 20 heavy (non-hydrogen) atoms. The lowest BCUT2D eigenvalue weighted by atomic mass is 10.2. The van der Waals surface area contributed by atoms with Crippen LogP contribution in [0.3, 0.4) is 0 Å². The van der Waals surface area contributed by atoms with Gasteiger partial charge >= 0.3 is 5.97 Å². The number of hydrogen-bond donors (Lipinski definition) is 1. The van der Waals surface area contributed by atoms with Gasteiger partial charge in [0.2, 0.25) is 0 Å². The Bertz CT molecular complexity index is 466. The van der Waals surface area contributed by atoms with Crippen LogP contribution < -0.4 is 10.6 Å². The molecule has 112 valence electrons. The molecule has 1 aromatic rings. The maximum Gasteiger partial charge on any atom is 0.350 e. The van der Waals surface area contributed by atoms with Crippen molar-refractivity contribution in [1.82, 2.24) is 0 Å². The van der Waals surface area contributed by atoms with Crippen molar-refractivity contribution in [3.63, 3.8) is 0 Å². The highest BCUT2D eigenvalue weighted by Gasteiger charge is 2.25. The zero-order valence-corrected chi connectivity index (χ0v) is 13.7. The molecule has 0 atom stereocenters. The van der Waals surface area contributed by atoms with Crippen molar-refractivity contribution in [1.29, 1.82) is 0 Å². The van der Waals surface area contributed by atoms with Crippen LogP contribution >= 0.6 is 23.1 Å². The van der Waals surface area contributed by atoms with Crippen molar-refractivity contribution in [2.45, 2.75) is 37.5 Å². The number of esters is 1. The van der Waals surface area contributed by atoms with Gasteiger partial charge in [0.05, 0.1) is 17.2 Å². The molecule has 0 bridgehead atoms. The Hall–Kier alpha value is -0.880. The van der Waals surface area contributed by atoms with Gasteiger partial charge in [-0.1, -0.05) is 12.8 Å². The maximum atomic E-state index is 12.0. The first kappa shape index (κ1) is 15.5. The van der Waals surface area contributed by atoms with Crippen molar-refractivity contribution >= 4 is 39.8 Å². The van der Waals surface area contributed by atoms with Gasteiger partial charge in [-0.05, 0) is 26.0 Å². The van der Waals surface area contributed by atoms with Crippen LogP contribution in [0.1, 0.15) is 42.3 Å². The SMILES string of the molecule is CCOC(=O)c1sc(N2CCCCCC2)c(SC)c1N. The van der Waals surface area contributed by atoms with Crippen LogP contribution in [-0.2, 0) is 4.74 Å². The number of thioether (sulfide) groups is 1. The summed E-state index contributed by atoms with van der Waals surface area (Å²) < 4.78 is 5.10. The van der Waals surface area contributed by atoms with Gasteiger partial charge in [0.1, 0.15) is 9.88 Å². The highest BCUT2D eigenvalue weighted by atomic mass is 32.2. The van der Waals surface area contributed by atoms with E-state index in [9.17, 15) is 4.79 Å². The van der Waals surface area contributed by atoms with E-state index in [0.717, 1.165) is 23.0 Å². The Morgan fingerprint density at radius 2 is 2.00 bits per heavy atom. The van der Waals surface area contributed by atoms with Crippen LogP contribution in [0.15, 0.2) is 4.90 Å². The predicted octanol–water partition coefficient (Wildman–Crippen LogP) is 3.61. The monoisotopic (exact) mass is 314 g/mol. The molecule has 2 heterocycles. The van der Waals surface area contributed by atoms with Gasteiger partial charge in [-0.25, -0.2) is 4.79 Å². The molecular formula is C14H22N2O2S2. The first-order valence-electron chi connectivity index (χ1n) is 7.07. The molecule has 0 unspecified atom stereocenters. The number of thiophene rings is 1. The smallest absolute Gasteiger partial charge is 0.350 e. The lowest BCUT2D eigenvalue weighted by molar-refractivity contribution is 0.0533. The van der Waals surface area contributed by atoms with Crippen molar-refractivity contribution in [3.8, 4) is 0 Å². The summed E-state index contributed by atoms with van der Waals surface area (Å²) in [6, 6.07) is 0. The number of carbonyl (C=O) groups excluding carboxylic acids is 1. The Morgan fingerprint density at radius 3 is 2.55 bits per heavy atom. The van der Waals surface area contributed by atoms with E-state index in [4.69, 9.17) is 10.5 Å². The molecule has 0 aromatic carbocycles. The summed E-state index contributed by atoms with van der Waals surface area (Å²) in [5.74, 6) is -0.300. The van der Waals surface area contributed by atoms with E-state index in [1.54, 1.807) is 11.8 Å². The van der Waals surface area contributed by atoms with Crippen molar-refractivity contribution in [2.24, 2.45) is 0 Å². The normalized spacial score (nSPS) is 16.0. The largest absolute Gasteiger partial charge is 0.462 e. The minimum atomic E-state index is -0.300. The van der Waals surface area contributed by atoms with E-state index in [-0.39, 0.29) is 5.97 Å². The fourth-order valence-corrected chi connectivity index (χ4v) is 4.57. The number of nitrogens with zero attached hydrogens (tertiary/aromatic N) is 1. The third-order valence-electron chi connectivity index (χ3n) is 3.44. The minimum absolute atomic E-state index is 0.300. The third-order valence-corrected chi connectivity index (χ3v) is 5.64. The van der Waals surface area contributed by atoms with E-state index < -0.39 is 0 Å². The van der Waals surface area contributed by atoms with Gasteiger partial charge in [-0.2, -0.15) is 0 Å². The van der Waals surface area contributed by atoms with E-state index in [1.807, 2.05) is 13.2 Å². The van der Waals surface area contributed by atoms with E-state index in [0.29, 0.717) is 17.2 Å². The van der Waals surface area contributed by atoms with Crippen LogP contribution in [0.4, 0.5) is 10.7 Å². The second-order valence-corrected chi connectivity index (χ2v) is 6.62. The standard InChI is InChI=1S/C14H22N2O2S2/c1-3-18-14(17)12-10(15)11(19-2)13(20-12)16-8-6-4-5-7-9-16/h3-9,15H2,1-2H3. The lowest BCUT2D eigenvalue weighted by Gasteiger charge is -2.21. The van der Waals surface area contributed by atoms with Crippen molar-refractivity contribution < 1.29 is 9.53 Å². The van der Waals surface area contributed by atoms with E-state index in [2.05, 4.69) is 4.90 Å². The molecule has 0 aliphatic carbocycles. The van der Waals surface area contributed by atoms with Crippen molar-refractivity contribution in [3.05, 3.63) is 4.88 Å². The number of ether oxygens (including phenoxy) is 1. The number of hydrogen-bond acceptors (Lipinski definition) is 6. The first-order valence-corrected chi connectivity index (χ1v) is 9.11. The Kier molecular flexibility index (Phi) is 5.60. The van der Waals surface area contributed by atoms with Crippen LogP contribution in [0.5, 0.6) is 0 Å². The Balaban J connectivity index is 2.31. The summed E-state index contributed by atoms with van der Waals surface area (Å²) in [6.07, 6.45) is 7.00. The molecule has 0 amide bonds. The number of carbonyl (C=O) groups is 1. The Labute approximate surface area is 128 Å². The second kappa shape index (κ2) is 7.22. The fourth-order valence-electron chi connectivity index (χ4n) is 2.44. The maximum absolute atomic E-state index is 12.0. The van der Waals surface area contributed by atoms with E-state index >= 15 is 0 Å². The van der Waals surface area contributed by atoms with Gasteiger partial charge in [0.25, 0.3) is 0 Å². The molecule has 1 aromatic heterocycles. The molecule has 2 N–H and O–H groups in total. The summed E-state index contributed by atoms with van der Waals surface area (Å²) in [5.41, 5.74) is 6.74. The number of nitrogen functional groups attached to an aromatic ring is 1. The van der Waals surface area contributed by atoms with Crippen LogP contribution in [0, 0.1) is 0 Å². The first-order chi connectivity index (χ1) is 9.69. The summed E-state index contributed by atoms with van der Waals surface area (Å²) >= 11 is 3.09. The number of rotatable bonds is 4. The average molecular weight is 314 g/mol. The van der Waals surface area contributed by atoms with Gasteiger partial charge in [0, 0.05) is 13.1 Å². The summed E-state index contributed by atoms with van der Waals surface area (Å²) in [5, 5.41) is 1.14. The van der Waals surface area contributed by atoms with Gasteiger partial charge < -0.3 is 15.4 Å². The Morgan fingerprint density at radius 1 is 1.35 bits per heavy atom. The molecular weight excluding hydrogens is 292 g/mol. The zero-order valence-electron chi connectivity index (χ0n) is 12.1. The highest BCUT2D eigenvalue weighted by molar-refractivity contribution is 7.99. The molecule has 1 aliphatic rings. The fraction of sp³-hybridized carbons (Fsp3) is 0.643. The summed E-state index contributed by atoms with van der Waals surface area (Å²) in [7, 11) is 0. The van der Waals surface area contributed by atoms with Crippen LogP contribution in [0.2, 0.25) is 0 Å². The van der Waals surface area contributed by atoms with E-state index in [1.165, 1.54) is 37.0 Å². The highest BCUT2D eigenvalue weighted by Crippen LogP contribution is 2.44. The summed E-state index contributed by atoms with van der Waals surface area (Å²) in [4.78, 5) is 15.9. The molecule has 1 aliphatic heterocycles. The molecule has 6 heteroatoms. The topological polar surface area (TPSA) is 55.6 Å². The second-order valence-electron chi connectivity index (χ2n) is 4.80. The van der Waals surface area contributed by atoms with Crippen LogP contribution in [-0.4, -0.2) is 31.9 Å². The molecule has 0 radical (unpaired) electrons. The number of anilines is 2. The zero-order chi connectivity index (χ0) is 14.5. The van der Waals surface area contributed by atoms with Gasteiger partial charge in [-0.15, -0.1) is 23.1 Å². The van der Waals surface area contributed by atoms with Gasteiger partial charge in [-0.3, -0.25) is 0 Å². The molecule has 0 saturated carbocycles. The summed E-state index contributed by atoms with van der Waals surface area (Å²) in [6.45, 7) is 4.29. The molecule has 1 saturated heterocycles. The molecule has 4 nitrogen and oxygen atoms in total. The van der Waals surface area contributed by atoms with Gasteiger partial charge in [0.15, 0.2) is 0 Å². The molecule has 1 fully saturated rings. The quantitative estimate of drug-likeness (QED) is 0.679. The lowest BCUT2D eigenvalue weighted by Crippen LogP contribution is -2.23. The third kappa shape index (κ3) is 3.23. The minimum Gasteiger partial charge on any atom is -0.462 e. The van der Waals surface area contributed by atoms with Crippen LogP contribution in [0.25, 0.3) is 0 Å². The molecule has 0 spiro atoms.